The number of nitrogens with zero attached hydrogens (tertiary/aromatic N) is 1. The van der Waals surface area contributed by atoms with E-state index in [0.717, 1.165) is 49.2 Å². The lowest BCUT2D eigenvalue weighted by molar-refractivity contribution is -0.107. The van der Waals surface area contributed by atoms with Gasteiger partial charge in [-0.2, -0.15) is 0 Å². The highest BCUT2D eigenvalue weighted by Gasteiger charge is 2.39. The van der Waals surface area contributed by atoms with Gasteiger partial charge in [0.15, 0.2) is 0 Å². The van der Waals surface area contributed by atoms with Crippen molar-refractivity contribution in [2.75, 3.05) is 6.61 Å². The number of rotatable bonds is 3. The number of pyridine rings is 1. The molecule has 1 spiro atoms. The molecule has 1 aliphatic carbocycles. The maximum atomic E-state index is 12.9. The summed E-state index contributed by atoms with van der Waals surface area (Å²) >= 11 is 0. The Kier molecular flexibility index (Phi) is 5.26. The number of ether oxygens (including phenoxy) is 1. The first-order chi connectivity index (χ1) is 13.2. The molecular formula is C23H28N2O2. The lowest BCUT2D eigenvalue weighted by Gasteiger charge is -2.43. The second-order valence-electron chi connectivity index (χ2n) is 7.95. The molecule has 1 saturated heterocycles. The number of nitrogens with one attached hydrogen (secondary N) is 1. The number of carbonyl (C=O) groups excluding carboxylic acids is 1. The lowest BCUT2D eigenvalue weighted by Crippen LogP contribution is -2.49. The van der Waals surface area contributed by atoms with E-state index in [9.17, 15) is 4.79 Å². The Bertz CT molecular complexity index is 792. The van der Waals surface area contributed by atoms with Crippen molar-refractivity contribution >= 4 is 5.91 Å². The Morgan fingerprint density at radius 3 is 2.63 bits per heavy atom. The molecule has 2 aromatic rings. The number of amides is 1. The molecular weight excluding hydrogens is 336 g/mol. The summed E-state index contributed by atoms with van der Waals surface area (Å²) in [5.41, 5.74) is 3.40. The zero-order valence-corrected chi connectivity index (χ0v) is 16.0. The van der Waals surface area contributed by atoms with Crippen LogP contribution in [0.25, 0.3) is 11.3 Å². The van der Waals surface area contributed by atoms with Crippen molar-refractivity contribution in [3.63, 3.8) is 0 Å². The first kappa shape index (κ1) is 18.2. The van der Waals surface area contributed by atoms with Gasteiger partial charge in [0.25, 0.3) is 5.91 Å². The highest BCUT2D eigenvalue weighted by atomic mass is 16.5. The third kappa shape index (κ3) is 4.06. The first-order valence-electron chi connectivity index (χ1n) is 10.1. The predicted molar refractivity (Wildman–Crippen MR) is 107 cm³/mol. The summed E-state index contributed by atoms with van der Waals surface area (Å²) in [6.45, 7) is 2.66. The van der Waals surface area contributed by atoms with Crippen LogP contribution in [0.3, 0.4) is 0 Å². The Morgan fingerprint density at radius 2 is 1.89 bits per heavy atom. The topological polar surface area (TPSA) is 51.2 Å². The van der Waals surface area contributed by atoms with Gasteiger partial charge in [-0.15, -0.1) is 0 Å². The normalized spacial score (nSPS) is 21.7. The molecule has 4 rings (SSSR count). The maximum Gasteiger partial charge on any atom is 0.253 e. The van der Waals surface area contributed by atoms with Crippen LogP contribution in [0, 0.1) is 6.92 Å². The summed E-state index contributed by atoms with van der Waals surface area (Å²) in [6, 6.07) is 14.1. The van der Waals surface area contributed by atoms with Crippen molar-refractivity contribution < 1.29 is 9.53 Å². The van der Waals surface area contributed by atoms with E-state index in [-0.39, 0.29) is 17.6 Å². The second-order valence-corrected chi connectivity index (χ2v) is 7.95. The molecule has 4 nitrogen and oxygen atoms in total. The minimum atomic E-state index is -0.0162. The number of carbonyl (C=O) groups is 1. The fourth-order valence-electron chi connectivity index (χ4n) is 4.53. The van der Waals surface area contributed by atoms with E-state index < -0.39 is 0 Å². The van der Waals surface area contributed by atoms with Gasteiger partial charge in [0.05, 0.1) is 22.6 Å². The van der Waals surface area contributed by atoms with Crippen molar-refractivity contribution in [3.05, 3.63) is 53.7 Å². The molecule has 0 bridgehead atoms. The Balaban J connectivity index is 1.45. The van der Waals surface area contributed by atoms with E-state index in [1.165, 1.54) is 19.3 Å². The summed E-state index contributed by atoms with van der Waals surface area (Å²) in [5, 5.41) is 3.25. The van der Waals surface area contributed by atoms with Crippen LogP contribution in [0.4, 0.5) is 0 Å². The van der Waals surface area contributed by atoms with Crippen molar-refractivity contribution in [3.8, 4) is 11.3 Å². The monoisotopic (exact) mass is 364 g/mol. The number of aromatic nitrogens is 1. The van der Waals surface area contributed by atoms with Crippen LogP contribution in [0.1, 0.15) is 61.0 Å². The molecule has 1 aliphatic heterocycles. The number of hydrogen-bond acceptors (Lipinski definition) is 3. The number of aryl methyl sites for hydroxylation is 1. The zero-order chi connectivity index (χ0) is 18.7. The van der Waals surface area contributed by atoms with Crippen LogP contribution in [0.15, 0.2) is 42.5 Å². The van der Waals surface area contributed by atoms with Gasteiger partial charge in [0, 0.05) is 18.2 Å². The van der Waals surface area contributed by atoms with Gasteiger partial charge in [-0.1, -0.05) is 49.6 Å². The highest BCUT2D eigenvalue weighted by molar-refractivity contribution is 5.95. The highest BCUT2D eigenvalue weighted by Crippen LogP contribution is 2.38. The van der Waals surface area contributed by atoms with E-state index >= 15 is 0 Å². The van der Waals surface area contributed by atoms with E-state index in [2.05, 4.69) is 10.3 Å². The summed E-state index contributed by atoms with van der Waals surface area (Å²) in [4.78, 5) is 17.5. The SMILES string of the molecule is Cc1nc(-c2ccccc2)ccc1C(=O)NC1CCOC2(CCCCC2)C1. The first-order valence-corrected chi connectivity index (χ1v) is 10.1. The second kappa shape index (κ2) is 7.81. The number of hydrogen-bond donors (Lipinski definition) is 1. The van der Waals surface area contributed by atoms with Gasteiger partial charge in [0.1, 0.15) is 0 Å². The molecule has 2 aliphatic rings. The van der Waals surface area contributed by atoms with E-state index in [1.54, 1.807) is 0 Å². The predicted octanol–water partition coefficient (Wildman–Crippen LogP) is 4.67. The van der Waals surface area contributed by atoms with E-state index in [0.29, 0.717) is 5.56 Å². The molecule has 1 aromatic heterocycles. The summed E-state index contributed by atoms with van der Waals surface area (Å²) in [5.74, 6) is -0.0162. The van der Waals surface area contributed by atoms with Crippen LogP contribution in [-0.2, 0) is 4.74 Å². The molecule has 1 amide bonds. The standard InChI is InChI=1S/C23H28N2O2/c1-17-20(10-11-21(24-17)18-8-4-2-5-9-18)22(26)25-19-12-15-27-23(16-19)13-6-3-7-14-23/h2,4-5,8-11,19H,3,6-7,12-16H2,1H3,(H,25,26). The average molecular weight is 364 g/mol. The molecule has 1 saturated carbocycles. The summed E-state index contributed by atoms with van der Waals surface area (Å²) in [7, 11) is 0. The third-order valence-electron chi connectivity index (χ3n) is 5.99. The Morgan fingerprint density at radius 1 is 1.11 bits per heavy atom. The molecule has 1 aromatic carbocycles. The van der Waals surface area contributed by atoms with Gasteiger partial charge < -0.3 is 10.1 Å². The van der Waals surface area contributed by atoms with Gasteiger partial charge >= 0.3 is 0 Å². The Labute approximate surface area is 161 Å². The number of benzene rings is 1. The van der Waals surface area contributed by atoms with Crippen molar-refractivity contribution in [2.45, 2.75) is 63.5 Å². The molecule has 142 valence electrons. The van der Waals surface area contributed by atoms with E-state index in [4.69, 9.17) is 4.74 Å². The molecule has 1 atom stereocenters. The lowest BCUT2D eigenvalue weighted by atomic mass is 9.78. The van der Waals surface area contributed by atoms with Crippen molar-refractivity contribution in [1.29, 1.82) is 0 Å². The molecule has 1 N–H and O–H groups in total. The summed E-state index contributed by atoms with van der Waals surface area (Å²) in [6.07, 6.45) is 7.88. The minimum absolute atomic E-state index is 0.00108. The minimum Gasteiger partial charge on any atom is -0.375 e. The molecule has 2 heterocycles. The molecule has 27 heavy (non-hydrogen) atoms. The van der Waals surface area contributed by atoms with Crippen LogP contribution in [0.2, 0.25) is 0 Å². The van der Waals surface area contributed by atoms with Gasteiger partial charge in [-0.05, 0) is 44.7 Å². The van der Waals surface area contributed by atoms with Crippen LogP contribution >= 0.6 is 0 Å². The third-order valence-corrected chi connectivity index (χ3v) is 5.99. The van der Waals surface area contributed by atoms with Gasteiger partial charge in [-0.25, -0.2) is 0 Å². The quantitative estimate of drug-likeness (QED) is 0.861. The summed E-state index contributed by atoms with van der Waals surface area (Å²) < 4.78 is 6.15. The molecule has 1 unspecified atom stereocenters. The Hall–Kier alpha value is -2.20. The molecule has 2 fully saturated rings. The van der Waals surface area contributed by atoms with Crippen LogP contribution in [-0.4, -0.2) is 29.1 Å². The zero-order valence-electron chi connectivity index (χ0n) is 16.0. The largest absolute Gasteiger partial charge is 0.375 e. The van der Waals surface area contributed by atoms with Gasteiger partial charge in [0.2, 0.25) is 0 Å². The fraction of sp³-hybridized carbons (Fsp3) is 0.478. The van der Waals surface area contributed by atoms with E-state index in [1.807, 2.05) is 49.4 Å². The maximum absolute atomic E-state index is 12.9. The average Bonchev–Trinajstić information content (AvgIpc) is 2.69. The van der Waals surface area contributed by atoms with Crippen molar-refractivity contribution in [2.24, 2.45) is 0 Å². The molecule has 4 heteroatoms. The fourth-order valence-corrected chi connectivity index (χ4v) is 4.53. The van der Waals surface area contributed by atoms with Gasteiger partial charge in [-0.3, -0.25) is 9.78 Å². The van der Waals surface area contributed by atoms with Crippen LogP contribution < -0.4 is 5.32 Å². The molecule has 0 radical (unpaired) electrons. The smallest absolute Gasteiger partial charge is 0.253 e. The van der Waals surface area contributed by atoms with Crippen LogP contribution in [0.5, 0.6) is 0 Å². The van der Waals surface area contributed by atoms with Crippen molar-refractivity contribution in [1.82, 2.24) is 10.3 Å².